The summed E-state index contributed by atoms with van der Waals surface area (Å²) in [6.45, 7) is 8.72. The second-order valence-corrected chi connectivity index (χ2v) is 18.0. The van der Waals surface area contributed by atoms with E-state index in [4.69, 9.17) is 19.4 Å². The fourth-order valence-electron chi connectivity index (χ4n) is 10.2. The van der Waals surface area contributed by atoms with Gasteiger partial charge in [0.15, 0.2) is 5.78 Å². The van der Waals surface area contributed by atoms with Crippen LogP contribution in [0, 0.1) is 17.3 Å². The third-order valence-corrected chi connectivity index (χ3v) is 13.6. The van der Waals surface area contributed by atoms with Crippen LogP contribution in [0.15, 0.2) is 48.8 Å². The molecule has 0 bridgehead atoms. The highest BCUT2D eigenvalue weighted by Crippen LogP contribution is 2.53. The largest absolute Gasteiger partial charge is 0.453 e. The predicted molar refractivity (Wildman–Crippen MR) is 232 cm³/mol. The van der Waals surface area contributed by atoms with Crippen molar-refractivity contribution < 1.29 is 33.4 Å². The van der Waals surface area contributed by atoms with E-state index in [1.807, 2.05) is 52.1 Å². The van der Waals surface area contributed by atoms with Crippen LogP contribution in [0.1, 0.15) is 119 Å². The molecule has 2 aromatic carbocycles. The lowest BCUT2D eigenvalue weighted by molar-refractivity contribution is -0.136. The van der Waals surface area contributed by atoms with E-state index in [0.717, 1.165) is 96.1 Å². The third-order valence-electron chi connectivity index (χ3n) is 13.6. The molecule has 328 valence electrons. The molecule has 0 unspecified atom stereocenters. The number of aromatic nitrogens is 4. The number of aromatic amines is 2. The average Bonchev–Trinajstić information content (AvgIpc) is 4.13. The van der Waals surface area contributed by atoms with Crippen LogP contribution in [0.3, 0.4) is 0 Å². The molecule has 15 heteroatoms. The molecule has 4 atom stereocenters. The summed E-state index contributed by atoms with van der Waals surface area (Å²) in [5.41, 5.74) is 6.74. The number of alkyl carbamates (subject to hydrolysis) is 2. The summed E-state index contributed by atoms with van der Waals surface area (Å²) in [7, 11) is 2.57. The number of rotatable bonds is 11. The van der Waals surface area contributed by atoms with Gasteiger partial charge >= 0.3 is 12.2 Å². The van der Waals surface area contributed by atoms with Gasteiger partial charge in [0.25, 0.3) is 0 Å². The van der Waals surface area contributed by atoms with Gasteiger partial charge in [-0.05, 0) is 79.0 Å². The topological polar surface area (TPSA) is 192 Å². The van der Waals surface area contributed by atoms with E-state index in [-0.39, 0.29) is 41.5 Å². The van der Waals surface area contributed by atoms with Gasteiger partial charge in [-0.25, -0.2) is 19.6 Å². The minimum Gasteiger partial charge on any atom is -0.453 e. The number of nitrogens with zero attached hydrogens (tertiary/aromatic N) is 4. The van der Waals surface area contributed by atoms with Crippen LogP contribution in [0.25, 0.3) is 33.6 Å². The quantitative estimate of drug-likeness (QED) is 0.118. The van der Waals surface area contributed by atoms with Crippen molar-refractivity contribution in [2.45, 2.75) is 110 Å². The number of methoxy groups -OCH3 is 2. The van der Waals surface area contributed by atoms with E-state index in [2.05, 4.69) is 38.8 Å². The lowest BCUT2D eigenvalue weighted by Crippen LogP contribution is -2.51. The van der Waals surface area contributed by atoms with Crippen LogP contribution < -0.4 is 10.6 Å². The first-order chi connectivity index (χ1) is 29.8. The maximum Gasteiger partial charge on any atom is 0.407 e. The van der Waals surface area contributed by atoms with Crippen LogP contribution >= 0.6 is 0 Å². The number of H-pyrrole nitrogens is 2. The van der Waals surface area contributed by atoms with Crippen molar-refractivity contribution in [2.24, 2.45) is 17.3 Å². The predicted octanol–water partition coefficient (Wildman–Crippen LogP) is 7.52. The normalized spacial score (nSPS) is 20.2. The zero-order valence-electron chi connectivity index (χ0n) is 36.5. The molecule has 0 radical (unpaired) electrons. The second-order valence-electron chi connectivity index (χ2n) is 18.0. The number of ether oxygens (including phenoxy) is 2. The summed E-state index contributed by atoms with van der Waals surface area (Å²) in [4.78, 5) is 86.4. The standard InChI is InChI=1S/C47H58N8O7/c1-26(2)38(52-45(59)61-5)43(57)54-21-9-11-35(54)41-48-24-33(50-41)29-15-13-28(14-16-29)30-17-18-31(32-23-47(19-7-8-20-47)40(56)37(30)32)34-25-49-42(51-34)36-12-10-22-55(36)44(58)39(27(3)4)53-46(60)62-6/h13-18,24-27,35-36,38-39H,7-12,19-23H2,1-6H3,(H,48,50)(H,49,51)(H,52,59)(H,53,60)/t35-,36-,38-,39-/m0/s1. The van der Waals surface area contributed by atoms with Crippen molar-refractivity contribution in [1.82, 2.24) is 40.4 Å². The van der Waals surface area contributed by atoms with Gasteiger partial charge in [-0.15, -0.1) is 0 Å². The lowest BCUT2D eigenvalue weighted by Gasteiger charge is -2.30. The number of likely N-dealkylation sites (tertiary alicyclic amines) is 2. The second kappa shape index (κ2) is 17.4. The Kier molecular flexibility index (Phi) is 12.0. The molecule has 4 amide bonds. The van der Waals surface area contributed by atoms with Gasteiger partial charge in [-0.3, -0.25) is 14.4 Å². The van der Waals surface area contributed by atoms with E-state index in [0.29, 0.717) is 31.2 Å². The van der Waals surface area contributed by atoms with Crippen LogP contribution in [-0.2, 0) is 25.5 Å². The lowest BCUT2D eigenvalue weighted by atomic mass is 9.81. The molecule has 1 saturated carbocycles. The number of benzene rings is 2. The molecular formula is C47H58N8O7. The van der Waals surface area contributed by atoms with Gasteiger partial charge in [-0.2, -0.15) is 0 Å². The highest BCUT2D eigenvalue weighted by molar-refractivity contribution is 6.11. The van der Waals surface area contributed by atoms with Crippen LogP contribution in [0.4, 0.5) is 9.59 Å². The van der Waals surface area contributed by atoms with Crippen LogP contribution in [-0.4, -0.2) is 98.9 Å². The van der Waals surface area contributed by atoms with E-state index in [1.54, 1.807) is 16.0 Å². The Morgan fingerprint density at radius 3 is 1.69 bits per heavy atom. The van der Waals surface area contributed by atoms with E-state index in [9.17, 15) is 24.0 Å². The minimum atomic E-state index is -0.727. The van der Waals surface area contributed by atoms with E-state index >= 15 is 0 Å². The molecule has 4 heterocycles. The molecule has 2 aromatic heterocycles. The Hall–Kier alpha value is -5.99. The monoisotopic (exact) mass is 846 g/mol. The van der Waals surface area contributed by atoms with Gasteiger partial charge < -0.3 is 39.9 Å². The van der Waals surface area contributed by atoms with Crippen molar-refractivity contribution in [3.8, 4) is 33.6 Å². The number of nitrogens with one attached hydrogen (secondary N) is 4. The molecule has 4 N–H and O–H groups in total. The number of Topliss-reactive ketones (excluding diaryl/α,β-unsaturated/α-hetero) is 1. The van der Waals surface area contributed by atoms with Gasteiger partial charge in [-0.1, -0.05) is 76.9 Å². The van der Waals surface area contributed by atoms with E-state index in [1.165, 1.54) is 14.2 Å². The number of hydrogen-bond donors (Lipinski definition) is 4. The number of carbonyl (C=O) groups excluding carboxylic acids is 5. The first kappa shape index (κ1) is 42.7. The Bertz CT molecular complexity index is 2340. The fraction of sp³-hybridized carbons (Fsp3) is 0.511. The summed E-state index contributed by atoms with van der Waals surface area (Å²) in [5, 5.41) is 5.42. The minimum absolute atomic E-state index is 0.127. The van der Waals surface area contributed by atoms with Crippen molar-refractivity contribution in [3.63, 3.8) is 0 Å². The number of imidazole rings is 2. The summed E-state index contributed by atoms with van der Waals surface area (Å²) < 4.78 is 9.59. The third kappa shape index (κ3) is 7.85. The maximum atomic E-state index is 14.6. The SMILES string of the molecule is COC(=O)N[C@H](C(=O)N1CCC[C@H]1c1ncc(-c2ccc(-c3ccc(-c4cnc([C@@H]5CCCN5C(=O)[C@@H](NC(=O)OC)C(C)C)[nH]4)c4c3C(=O)C3(CCCC3)C4)cc2)[nH]1)C(C)C. The highest BCUT2D eigenvalue weighted by atomic mass is 16.5. The van der Waals surface area contributed by atoms with Gasteiger partial charge in [0, 0.05) is 29.6 Å². The van der Waals surface area contributed by atoms with Crippen molar-refractivity contribution in [2.75, 3.05) is 27.3 Å². The molecular weight excluding hydrogens is 789 g/mol. The van der Waals surface area contributed by atoms with E-state index < -0.39 is 29.7 Å². The van der Waals surface area contributed by atoms with Crippen molar-refractivity contribution >= 4 is 29.8 Å². The number of carbonyl (C=O) groups is 5. The van der Waals surface area contributed by atoms with Gasteiger partial charge in [0.1, 0.15) is 23.7 Å². The van der Waals surface area contributed by atoms with Crippen LogP contribution in [0.2, 0.25) is 0 Å². The average molecular weight is 847 g/mol. The Morgan fingerprint density at radius 1 is 0.694 bits per heavy atom. The molecule has 8 rings (SSSR count). The maximum absolute atomic E-state index is 14.6. The Morgan fingerprint density at radius 2 is 1.18 bits per heavy atom. The number of ketones is 1. The Labute approximate surface area is 362 Å². The molecule has 4 aromatic rings. The highest BCUT2D eigenvalue weighted by Gasteiger charge is 2.49. The van der Waals surface area contributed by atoms with Crippen molar-refractivity contribution in [1.29, 1.82) is 0 Å². The molecule has 3 fully saturated rings. The smallest absolute Gasteiger partial charge is 0.407 e. The molecule has 2 saturated heterocycles. The summed E-state index contributed by atoms with van der Waals surface area (Å²) in [6.07, 6.45) is 9.94. The summed E-state index contributed by atoms with van der Waals surface area (Å²) in [5.74, 6) is 1.01. The number of hydrogen-bond acceptors (Lipinski definition) is 9. The zero-order valence-corrected chi connectivity index (χ0v) is 36.5. The molecule has 2 aliphatic heterocycles. The molecule has 2 aliphatic carbocycles. The number of fused-ring (bicyclic) bond motifs is 1. The van der Waals surface area contributed by atoms with Gasteiger partial charge in [0.05, 0.1) is 50.1 Å². The fourth-order valence-corrected chi connectivity index (χ4v) is 10.2. The van der Waals surface area contributed by atoms with Gasteiger partial charge in [0.2, 0.25) is 11.8 Å². The summed E-state index contributed by atoms with van der Waals surface area (Å²) >= 11 is 0. The molecule has 15 nitrogen and oxygen atoms in total. The molecule has 4 aliphatic rings. The first-order valence-electron chi connectivity index (χ1n) is 22.1. The number of amides is 4. The molecule has 62 heavy (non-hydrogen) atoms. The Balaban J connectivity index is 1.05. The summed E-state index contributed by atoms with van der Waals surface area (Å²) in [6, 6.07) is 10.3. The van der Waals surface area contributed by atoms with Crippen molar-refractivity contribution in [3.05, 3.63) is 71.6 Å². The first-order valence-corrected chi connectivity index (χ1v) is 22.1. The zero-order chi connectivity index (χ0) is 43.9. The van der Waals surface area contributed by atoms with Crippen LogP contribution in [0.5, 0.6) is 0 Å². The molecule has 1 spiro atoms.